The maximum absolute atomic E-state index is 14.7. The molecule has 1 heterocycles. The Morgan fingerprint density at radius 2 is 1.74 bits per heavy atom. The van der Waals surface area contributed by atoms with Gasteiger partial charge in [0.2, 0.25) is 5.91 Å². The fraction of sp³-hybridized carbons (Fsp3) is 0.679. The van der Waals surface area contributed by atoms with Crippen LogP contribution >= 0.6 is 0 Å². The highest BCUT2D eigenvalue weighted by molar-refractivity contribution is 5.92. The topological polar surface area (TPSA) is 101 Å². The van der Waals surface area contributed by atoms with Gasteiger partial charge in [-0.25, -0.2) is 9.18 Å². The number of rotatable bonds is 7. The third-order valence-electron chi connectivity index (χ3n) is 8.84. The van der Waals surface area contributed by atoms with Crippen LogP contribution in [0.4, 0.5) is 4.39 Å². The molecule has 1 saturated heterocycles. The zero-order valence-corrected chi connectivity index (χ0v) is 20.8. The van der Waals surface area contributed by atoms with E-state index in [4.69, 9.17) is 10.8 Å². The third kappa shape index (κ3) is 5.76. The lowest BCUT2D eigenvalue weighted by molar-refractivity contribution is -0.143. The monoisotopic (exact) mass is 486 g/mol. The van der Waals surface area contributed by atoms with Crippen molar-refractivity contribution in [3.05, 3.63) is 35.1 Å². The first-order valence-corrected chi connectivity index (χ1v) is 13.4. The van der Waals surface area contributed by atoms with Crippen molar-refractivity contribution in [2.24, 2.45) is 29.4 Å². The van der Waals surface area contributed by atoms with Crippen LogP contribution in [0, 0.1) is 29.5 Å². The van der Waals surface area contributed by atoms with Gasteiger partial charge in [-0.3, -0.25) is 9.59 Å². The van der Waals surface area contributed by atoms with Crippen LogP contribution < -0.4 is 5.73 Å². The second-order valence-corrected chi connectivity index (χ2v) is 11.1. The van der Waals surface area contributed by atoms with Gasteiger partial charge in [0, 0.05) is 24.9 Å². The molecule has 1 amide bonds. The summed E-state index contributed by atoms with van der Waals surface area (Å²) in [6, 6.07) is 3.31. The molecule has 0 bridgehead atoms. The van der Waals surface area contributed by atoms with Crippen LogP contribution in [0.3, 0.4) is 0 Å². The molecule has 4 rings (SSSR count). The van der Waals surface area contributed by atoms with Gasteiger partial charge in [-0.2, -0.15) is 0 Å². The van der Waals surface area contributed by atoms with Crippen molar-refractivity contribution in [1.29, 1.82) is 0 Å². The Hall–Kier alpha value is -2.28. The number of aromatic carboxylic acids is 1. The van der Waals surface area contributed by atoms with Gasteiger partial charge >= 0.3 is 5.97 Å². The molecule has 6 nitrogen and oxygen atoms in total. The van der Waals surface area contributed by atoms with E-state index in [1.54, 1.807) is 0 Å². The largest absolute Gasteiger partial charge is 0.478 e. The van der Waals surface area contributed by atoms with E-state index >= 15 is 0 Å². The van der Waals surface area contributed by atoms with Crippen LogP contribution in [-0.2, 0) is 16.0 Å². The minimum atomic E-state index is -1.20. The van der Waals surface area contributed by atoms with Gasteiger partial charge in [-0.1, -0.05) is 38.2 Å². The van der Waals surface area contributed by atoms with Gasteiger partial charge < -0.3 is 15.7 Å². The summed E-state index contributed by atoms with van der Waals surface area (Å²) in [7, 11) is 0. The Morgan fingerprint density at radius 3 is 2.34 bits per heavy atom. The van der Waals surface area contributed by atoms with Gasteiger partial charge in [-0.05, 0) is 74.5 Å². The molecule has 0 radical (unpaired) electrons. The first-order chi connectivity index (χ1) is 16.8. The summed E-state index contributed by atoms with van der Waals surface area (Å²) in [5.41, 5.74) is 6.14. The number of nitrogens with zero attached hydrogens (tertiary/aromatic N) is 1. The highest BCUT2D eigenvalue weighted by Crippen LogP contribution is 2.41. The Kier molecular flexibility index (Phi) is 8.25. The summed E-state index contributed by atoms with van der Waals surface area (Å²) in [5, 5.41) is 9.12. The zero-order valence-electron chi connectivity index (χ0n) is 20.8. The molecule has 3 N–H and O–H groups in total. The zero-order chi connectivity index (χ0) is 25.1. The fourth-order valence-corrected chi connectivity index (χ4v) is 6.77. The maximum atomic E-state index is 14.7. The number of amides is 1. The molecule has 0 spiro atoms. The minimum Gasteiger partial charge on any atom is -0.478 e. The molecule has 0 aromatic heterocycles. The molecular formula is C28H39FN2O4. The molecule has 1 aliphatic heterocycles. The molecule has 2 saturated carbocycles. The van der Waals surface area contributed by atoms with Crippen molar-refractivity contribution in [2.45, 2.75) is 89.6 Å². The normalized spacial score (nSPS) is 28.6. The fourth-order valence-electron chi connectivity index (χ4n) is 6.77. The van der Waals surface area contributed by atoms with E-state index in [1.807, 2.05) is 11.8 Å². The Morgan fingerprint density at radius 1 is 1.06 bits per heavy atom. The van der Waals surface area contributed by atoms with Crippen molar-refractivity contribution >= 4 is 17.7 Å². The van der Waals surface area contributed by atoms with Gasteiger partial charge in [-0.15, -0.1) is 0 Å². The summed E-state index contributed by atoms with van der Waals surface area (Å²) in [5.74, 6) is -1.02. The van der Waals surface area contributed by atoms with Crippen molar-refractivity contribution in [3.8, 4) is 0 Å². The van der Waals surface area contributed by atoms with Crippen LogP contribution in [0.25, 0.3) is 0 Å². The lowest BCUT2D eigenvalue weighted by Gasteiger charge is -2.36. The van der Waals surface area contributed by atoms with Crippen molar-refractivity contribution in [3.63, 3.8) is 0 Å². The number of carboxylic acid groups (broad SMARTS) is 1. The molecule has 7 heteroatoms. The maximum Gasteiger partial charge on any atom is 0.335 e. The summed E-state index contributed by atoms with van der Waals surface area (Å²) < 4.78 is 14.7. The predicted molar refractivity (Wildman–Crippen MR) is 131 cm³/mol. The molecule has 192 valence electrons. The van der Waals surface area contributed by atoms with Crippen molar-refractivity contribution < 1.29 is 23.9 Å². The van der Waals surface area contributed by atoms with Gasteiger partial charge in [0.1, 0.15) is 5.82 Å². The van der Waals surface area contributed by atoms with E-state index in [2.05, 4.69) is 0 Å². The molecule has 2 aliphatic carbocycles. The number of hydrogen-bond donors (Lipinski definition) is 2. The Labute approximate surface area is 207 Å². The lowest BCUT2D eigenvalue weighted by Crippen LogP contribution is -2.48. The molecule has 1 unspecified atom stereocenters. The molecule has 1 aromatic carbocycles. The first kappa shape index (κ1) is 25.8. The number of Topliss-reactive ketones (excluding diaryl/α,β-unsaturated/α-hetero) is 1. The predicted octanol–water partition coefficient (Wildman–Crippen LogP) is 4.59. The number of benzene rings is 1. The van der Waals surface area contributed by atoms with E-state index in [9.17, 15) is 18.8 Å². The third-order valence-corrected chi connectivity index (χ3v) is 8.84. The summed E-state index contributed by atoms with van der Waals surface area (Å²) >= 11 is 0. The van der Waals surface area contributed by atoms with Crippen LogP contribution in [0.5, 0.6) is 0 Å². The SMILES string of the molecule is CC(N)C1CCC(C(=O)N2CC[C@H](C3CCCCC3)[C@H]2C(=O)Cc2ccc(C(=O)O)cc2F)CC1. The van der Waals surface area contributed by atoms with Crippen LogP contribution in [0.15, 0.2) is 18.2 Å². The molecule has 3 atom stereocenters. The van der Waals surface area contributed by atoms with Gasteiger partial charge in [0.25, 0.3) is 0 Å². The number of carbonyl (C=O) groups is 3. The quantitative estimate of drug-likeness (QED) is 0.587. The number of nitrogens with two attached hydrogens (primary N) is 1. The van der Waals surface area contributed by atoms with Crippen LogP contribution in [0.2, 0.25) is 0 Å². The highest BCUT2D eigenvalue weighted by Gasteiger charge is 2.46. The number of hydrogen-bond acceptors (Lipinski definition) is 4. The number of likely N-dealkylation sites (tertiary alicyclic amines) is 1. The Bertz CT molecular complexity index is 935. The van der Waals surface area contributed by atoms with Crippen LogP contribution in [-0.4, -0.2) is 46.3 Å². The number of carbonyl (C=O) groups excluding carboxylic acids is 2. The second-order valence-electron chi connectivity index (χ2n) is 11.1. The molecule has 1 aromatic rings. The van der Waals surface area contributed by atoms with E-state index in [0.717, 1.165) is 63.9 Å². The van der Waals surface area contributed by atoms with Gasteiger partial charge in [0.15, 0.2) is 5.78 Å². The minimum absolute atomic E-state index is 0.0722. The van der Waals surface area contributed by atoms with Crippen molar-refractivity contribution in [1.82, 2.24) is 4.90 Å². The van der Waals surface area contributed by atoms with Gasteiger partial charge in [0.05, 0.1) is 11.6 Å². The average Bonchev–Trinajstić information content (AvgIpc) is 3.30. The van der Waals surface area contributed by atoms with E-state index in [-0.39, 0.29) is 47.1 Å². The van der Waals surface area contributed by atoms with E-state index in [1.165, 1.54) is 18.6 Å². The summed E-state index contributed by atoms with van der Waals surface area (Å²) in [6.45, 7) is 2.61. The molecule has 3 fully saturated rings. The smallest absolute Gasteiger partial charge is 0.335 e. The first-order valence-electron chi connectivity index (χ1n) is 13.4. The van der Waals surface area contributed by atoms with Crippen LogP contribution in [0.1, 0.15) is 87.1 Å². The number of carboxylic acids is 1. The number of ketones is 1. The highest BCUT2D eigenvalue weighted by atomic mass is 19.1. The molecule has 3 aliphatic rings. The molecular weight excluding hydrogens is 447 g/mol. The Balaban J connectivity index is 1.53. The van der Waals surface area contributed by atoms with E-state index < -0.39 is 17.8 Å². The second kappa shape index (κ2) is 11.2. The standard InChI is InChI=1S/C28H39FN2O4/c1-17(30)18-7-9-20(10-8-18)27(33)31-14-13-23(19-5-3-2-4-6-19)26(31)25(32)16-21-11-12-22(28(34)35)15-24(21)29/h11-12,15,17-20,23,26H,2-10,13-14,16,30H2,1H3,(H,34,35)/t17?,18?,20?,23-,26+/m1/s1. The molecule has 35 heavy (non-hydrogen) atoms. The lowest BCUT2D eigenvalue weighted by atomic mass is 9.75. The average molecular weight is 487 g/mol. The summed E-state index contributed by atoms with van der Waals surface area (Å²) in [4.78, 5) is 40.3. The van der Waals surface area contributed by atoms with E-state index in [0.29, 0.717) is 18.4 Å². The summed E-state index contributed by atoms with van der Waals surface area (Å²) in [6.07, 6.45) is 9.88. The van der Waals surface area contributed by atoms with Crippen molar-refractivity contribution in [2.75, 3.05) is 6.54 Å². The number of halogens is 1.